The van der Waals surface area contributed by atoms with Gasteiger partial charge in [-0.05, 0) is 45.0 Å². The molecule has 1 aliphatic rings. The summed E-state index contributed by atoms with van der Waals surface area (Å²) in [6.45, 7) is 0.994. The average molecular weight is 272 g/mol. The second-order valence-electron chi connectivity index (χ2n) is 5.36. The molecule has 1 fully saturated rings. The molecule has 1 saturated heterocycles. The SMILES string of the molecule is CN1CCCCC1N(C(N)=O)n1ccc2ccccc21. The van der Waals surface area contributed by atoms with Gasteiger partial charge in [-0.2, -0.15) is 0 Å². The Morgan fingerprint density at radius 2 is 2.10 bits per heavy atom. The monoisotopic (exact) mass is 272 g/mol. The average Bonchev–Trinajstić information content (AvgIpc) is 2.85. The number of aromatic nitrogens is 1. The van der Waals surface area contributed by atoms with E-state index in [1.54, 1.807) is 5.01 Å². The van der Waals surface area contributed by atoms with Crippen molar-refractivity contribution in [1.82, 2.24) is 9.58 Å². The van der Waals surface area contributed by atoms with E-state index in [0.717, 1.165) is 30.3 Å². The molecular weight excluding hydrogens is 252 g/mol. The molecule has 20 heavy (non-hydrogen) atoms. The summed E-state index contributed by atoms with van der Waals surface area (Å²) >= 11 is 0. The third-order valence-corrected chi connectivity index (χ3v) is 4.05. The number of urea groups is 1. The third kappa shape index (κ3) is 2.14. The maximum atomic E-state index is 12.0. The van der Waals surface area contributed by atoms with Gasteiger partial charge in [0.25, 0.3) is 0 Å². The van der Waals surface area contributed by atoms with Crippen molar-refractivity contribution in [2.75, 3.05) is 18.6 Å². The second-order valence-corrected chi connectivity index (χ2v) is 5.36. The van der Waals surface area contributed by atoms with Crippen LogP contribution >= 0.6 is 0 Å². The number of primary amides is 1. The summed E-state index contributed by atoms with van der Waals surface area (Å²) in [5.41, 5.74) is 6.66. The number of piperidine rings is 1. The van der Waals surface area contributed by atoms with Crippen LogP contribution in [0.15, 0.2) is 36.5 Å². The number of carbonyl (C=O) groups excluding carboxylic acids is 1. The van der Waals surface area contributed by atoms with Crippen LogP contribution in [0.5, 0.6) is 0 Å². The van der Waals surface area contributed by atoms with E-state index in [-0.39, 0.29) is 6.17 Å². The predicted octanol–water partition coefficient (Wildman–Crippen LogP) is 2.10. The quantitative estimate of drug-likeness (QED) is 0.910. The van der Waals surface area contributed by atoms with Crippen LogP contribution in [0.3, 0.4) is 0 Å². The van der Waals surface area contributed by atoms with E-state index in [9.17, 15) is 4.79 Å². The molecule has 2 heterocycles. The van der Waals surface area contributed by atoms with Crippen molar-refractivity contribution in [3.63, 3.8) is 0 Å². The third-order valence-electron chi connectivity index (χ3n) is 4.05. The predicted molar refractivity (Wildman–Crippen MR) is 80.0 cm³/mol. The van der Waals surface area contributed by atoms with Gasteiger partial charge in [0.15, 0.2) is 0 Å². The minimum atomic E-state index is -0.412. The van der Waals surface area contributed by atoms with Crippen molar-refractivity contribution in [3.05, 3.63) is 36.5 Å². The Morgan fingerprint density at radius 1 is 1.30 bits per heavy atom. The van der Waals surface area contributed by atoms with E-state index in [2.05, 4.69) is 4.90 Å². The molecule has 1 aromatic heterocycles. The number of rotatable bonds is 2. The van der Waals surface area contributed by atoms with E-state index >= 15 is 0 Å². The van der Waals surface area contributed by atoms with Crippen LogP contribution in [0.2, 0.25) is 0 Å². The smallest absolute Gasteiger partial charge is 0.335 e. The van der Waals surface area contributed by atoms with Crippen LogP contribution in [0.25, 0.3) is 10.9 Å². The Balaban J connectivity index is 2.04. The molecule has 2 aromatic rings. The van der Waals surface area contributed by atoms with Crippen LogP contribution < -0.4 is 10.7 Å². The van der Waals surface area contributed by atoms with Crippen molar-refractivity contribution in [2.45, 2.75) is 25.4 Å². The highest BCUT2D eigenvalue weighted by Gasteiger charge is 2.29. The van der Waals surface area contributed by atoms with Crippen molar-refractivity contribution >= 4 is 16.9 Å². The molecule has 1 aliphatic heterocycles. The molecule has 3 rings (SSSR count). The highest BCUT2D eigenvalue weighted by atomic mass is 16.2. The van der Waals surface area contributed by atoms with Crippen molar-refractivity contribution < 1.29 is 4.79 Å². The Bertz CT molecular complexity index is 621. The van der Waals surface area contributed by atoms with Crippen LogP contribution in [0.1, 0.15) is 19.3 Å². The van der Waals surface area contributed by atoms with Crippen molar-refractivity contribution in [2.24, 2.45) is 5.73 Å². The molecule has 0 saturated carbocycles. The number of benzene rings is 1. The summed E-state index contributed by atoms with van der Waals surface area (Å²) in [5, 5.41) is 2.78. The zero-order valence-electron chi connectivity index (χ0n) is 11.7. The van der Waals surface area contributed by atoms with Crippen LogP contribution in [-0.2, 0) is 0 Å². The van der Waals surface area contributed by atoms with Gasteiger partial charge in [0, 0.05) is 11.6 Å². The lowest BCUT2D eigenvalue weighted by Crippen LogP contribution is -2.58. The van der Waals surface area contributed by atoms with Crippen molar-refractivity contribution in [1.29, 1.82) is 0 Å². The number of carbonyl (C=O) groups is 1. The topological polar surface area (TPSA) is 54.5 Å². The molecule has 2 amide bonds. The Kier molecular flexibility index (Phi) is 3.36. The Hall–Kier alpha value is -2.01. The maximum absolute atomic E-state index is 12.0. The van der Waals surface area contributed by atoms with E-state index in [1.165, 1.54) is 6.42 Å². The first-order valence-electron chi connectivity index (χ1n) is 7.04. The van der Waals surface area contributed by atoms with Gasteiger partial charge in [0.2, 0.25) is 0 Å². The number of nitrogens with two attached hydrogens (primary N) is 1. The summed E-state index contributed by atoms with van der Waals surface area (Å²) in [4.78, 5) is 14.2. The molecule has 0 spiro atoms. The highest BCUT2D eigenvalue weighted by Crippen LogP contribution is 2.22. The first-order valence-corrected chi connectivity index (χ1v) is 7.04. The fourth-order valence-corrected chi connectivity index (χ4v) is 3.02. The van der Waals surface area contributed by atoms with E-state index < -0.39 is 6.03 Å². The van der Waals surface area contributed by atoms with E-state index in [0.29, 0.717) is 0 Å². The number of fused-ring (bicyclic) bond motifs is 1. The van der Waals surface area contributed by atoms with E-state index in [1.807, 2.05) is 48.3 Å². The van der Waals surface area contributed by atoms with Gasteiger partial charge in [-0.3, -0.25) is 9.58 Å². The van der Waals surface area contributed by atoms with Gasteiger partial charge in [-0.15, -0.1) is 0 Å². The normalized spacial score (nSPS) is 20.1. The Morgan fingerprint density at radius 3 is 2.85 bits per heavy atom. The summed E-state index contributed by atoms with van der Waals surface area (Å²) < 4.78 is 1.88. The van der Waals surface area contributed by atoms with Gasteiger partial charge in [0.1, 0.15) is 6.17 Å². The molecular formula is C15H20N4O. The fourth-order valence-electron chi connectivity index (χ4n) is 3.02. The zero-order valence-corrected chi connectivity index (χ0v) is 11.7. The minimum absolute atomic E-state index is 0.0251. The molecule has 1 aromatic carbocycles. The molecule has 1 atom stereocenters. The Labute approximate surface area is 118 Å². The summed E-state index contributed by atoms with van der Waals surface area (Å²) in [7, 11) is 2.05. The lowest BCUT2D eigenvalue weighted by molar-refractivity contribution is 0.160. The molecule has 1 unspecified atom stereocenters. The van der Waals surface area contributed by atoms with Crippen molar-refractivity contribution in [3.8, 4) is 0 Å². The van der Waals surface area contributed by atoms with Crippen LogP contribution in [0.4, 0.5) is 4.79 Å². The number of hydrogen-bond acceptors (Lipinski definition) is 2. The molecule has 2 N–H and O–H groups in total. The molecule has 5 heteroatoms. The first-order chi connectivity index (χ1) is 9.68. The number of likely N-dealkylation sites (tertiary alicyclic amines) is 1. The number of amides is 2. The molecule has 0 aliphatic carbocycles. The molecule has 5 nitrogen and oxygen atoms in total. The lowest BCUT2D eigenvalue weighted by atomic mass is 10.1. The standard InChI is InChI=1S/C15H20N4O/c1-17-10-5-4-8-14(17)19(15(16)20)18-11-9-12-6-2-3-7-13(12)18/h2-3,6-7,9,11,14H,4-5,8,10H2,1H3,(H2,16,20). The van der Waals surface area contributed by atoms with Gasteiger partial charge in [0.05, 0.1) is 5.52 Å². The number of nitrogens with zero attached hydrogens (tertiary/aromatic N) is 3. The van der Waals surface area contributed by atoms with Gasteiger partial charge >= 0.3 is 6.03 Å². The summed E-state index contributed by atoms with van der Waals surface area (Å²) in [6, 6.07) is 9.61. The maximum Gasteiger partial charge on any atom is 0.335 e. The minimum Gasteiger partial charge on any atom is -0.350 e. The highest BCUT2D eigenvalue weighted by molar-refractivity contribution is 5.87. The second kappa shape index (κ2) is 5.17. The largest absolute Gasteiger partial charge is 0.350 e. The molecule has 0 radical (unpaired) electrons. The zero-order chi connectivity index (χ0) is 14.1. The van der Waals surface area contributed by atoms with Crippen LogP contribution in [0, 0.1) is 0 Å². The fraction of sp³-hybridized carbons (Fsp3) is 0.400. The van der Waals surface area contributed by atoms with Gasteiger partial charge < -0.3 is 5.73 Å². The first kappa shape index (κ1) is 13.0. The van der Waals surface area contributed by atoms with Gasteiger partial charge in [-0.1, -0.05) is 18.2 Å². The number of hydrogen-bond donors (Lipinski definition) is 1. The summed E-state index contributed by atoms with van der Waals surface area (Å²) in [5.74, 6) is 0. The number of para-hydroxylation sites is 1. The summed E-state index contributed by atoms with van der Waals surface area (Å²) in [6.07, 6.45) is 5.19. The van der Waals surface area contributed by atoms with E-state index in [4.69, 9.17) is 5.73 Å². The molecule has 106 valence electrons. The molecule has 0 bridgehead atoms. The van der Waals surface area contributed by atoms with Gasteiger partial charge in [-0.25, -0.2) is 9.80 Å². The lowest BCUT2D eigenvalue weighted by Gasteiger charge is -2.40. The van der Waals surface area contributed by atoms with Crippen LogP contribution in [-0.4, -0.2) is 35.4 Å².